The summed E-state index contributed by atoms with van der Waals surface area (Å²) in [6.07, 6.45) is 0. The van der Waals surface area contributed by atoms with Crippen LogP contribution in [-0.4, -0.2) is 11.1 Å². The molecule has 0 aromatic heterocycles. The topological polar surface area (TPSA) is 58.6 Å². The van der Waals surface area contributed by atoms with Gasteiger partial charge in [0, 0.05) is 22.8 Å². The Balaban J connectivity index is 1.71. The highest BCUT2D eigenvalue weighted by Crippen LogP contribution is 2.23. The molecule has 0 unspecified atom stereocenters. The SMILES string of the molecule is Cc1ccc(C(=O)O)cc1NCc1ccccc1OCc1cccc(Cl)c1. The summed E-state index contributed by atoms with van der Waals surface area (Å²) < 4.78 is 5.97. The molecule has 0 aliphatic carbocycles. The largest absolute Gasteiger partial charge is 0.489 e. The summed E-state index contributed by atoms with van der Waals surface area (Å²) in [7, 11) is 0. The molecular formula is C22H20ClNO3. The first-order chi connectivity index (χ1) is 13.0. The second-order valence-electron chi connectivity index (χ2n) is 6.21. The van der Waals surface area contributed by atoms with Crippen LogP contribution >= 0.6 is 11.6 Å². The number of para-hydroxylation sites is 1. The molecule has 0 heterocycles. The Hall–Kier alpha value is -2.98. The molecule has 5 heteroatoms. The number of aromatic carboxylic acids is 1. The fraction of sp³-hybridized carbons (Fsp3) is 0.136. The van der Waals surface area contributed by atoms with E-state index in [1.807, 2.05) is 55.5 Å². The van der Waals surface area contributed by atoms with Crippen molar-refractivity contribution in [1.82, 2.24) is 0 Å². The summed E-state index contributed by atoms with van der Waals surface area (Å²) in [6.45, 7) is 2.89. The molecule has 0 saturated heterocycles. The number of halogens is 1. The van der Waals surface area contributed by atoms with Crippen LogP contribution in [0.3, 0.4) is 0 Å². The number of nitrogens with one attached hydrogen (secondary N) is 1. The minimum Gasteiger partial charge on any atom is -0.489 e. The minimum absolute atomic E-state index is 0.258. The number of hydrogen-bond donors (Lipinski definition) is 2. The highest BCUT2D eigenvalue weighted by atomic mass is 35.5. The lowest BCUT2D eigenvalue weighted by Gasteiger charge is -2.14. The second kappa shape index (κ2) is 8.60. The predicted octanol–water partition coefficient (Wildman–Crippen LogP) is 5.54. The summed E-state index contributed by atoms with van der Waals surface area (Å²) >= 11 is 6.02. The lowest BCUT2D eigenvalue weighted by atomic mass is 10.1. The van der Waals surface area contributed by atoms with E-state index in [1.54, 1.807) is 18.2 Å². The van der Waals surface area contributed by atoms with Crippen molar-refractivity contribution in [3.8, 4) is 5.75 Å². The van der Waals surface area contributed by atoms with Crippen molar-refractivity contribution in [3.63, 3.8) is 0 Å². The normalized spacial score (nSPS) is 10.4. The van der Waals surface area contributed by atoms with Gasteiger partial charge in [-0.05, 0) is 48.4 Å². The maximum absolute atomic E-state index is 11.2. The molecule has 4 nitrogen and oxygen atoms in total. The highest BCUT2D eigenvalue weighted by molar-refractivity contribution is 6.30. The van der Waals surface area contributed by atoms with Gasteiger partial charge in [0.25, 0.3) is 0 Å². The van der Waals surface area contributed by atoms with Crippen LogP contribution in [-0.2, 0) is 13.2 Å². The van der Waals surface area contributed by atoms with Crippen molar-refractivity contribution in [2.75, 3.05) is 5.32 Å². The van der Waals surface area contributed by atoms with E-state index >= 15 is 0 Å². The van der Waals surface area contributed by atoms with E-state index in [0.717, 1.165) is 28.1 Å². The molecule has 0 aliphatic rings. The molecule has 0 fully saturated rings. The number of rotatable bonds is 7. The van der Waals surface area contributed by atoms with Crippen molar-refractivity contribution in [3.05, 3.63) is 94.0 Å². The van der Waals surface area contributed by atoms with Gasteiger partial charge in [-0.3, -0.25) is 0 Å². The lowest BCUT2D eigenvalue weighted by molar-refractivity contribution is 0.0697. The molecule has 0 radical (unpaired) electrons. The molecular weight excluding hydrogens is 362 g/mol. The van der Waals surface area contributed by atoms with Gasteiger partial charge in [0.1, 0.15) is 12.4 Å². The summed E-state index contributed by atoms with van der Waals surface area (Å²) in [4.78, 5) is 11.2. The maximum atomic E-state index is 11.2. The standard InChI is InChI=1S/C22H20ClNO3/c1-15-9-10-17(22(25)26)12-20(15)24-13-18-6-2-3-8-21(18)27-14-16-5-4-7-19(23)11-16/h2-12,24H,13-14H2,1H3,(H,25,26). The van der Waals surface area contributed by atoms with E-state index < -0.39 is 5.97 Å². The van der Waals surface area contributed by atoms with E-state index in [9.17, 15) is 9.90 Å². The Bertz CT molecular complexity index is 956. The zero-order chi connectivity index (χ0) is 19.2. The molecule has 27 heavy (non-hydrogen) atoms. The van der Waals surface area contributed by atoms with Gasteiger partial charge >= 0.3 is 5.97 Å². The minimum atomic E-state index is -0.941. The first-order valence-electron chi connectivity index (χ1n) is 8.56. The van der Waals surface area contributed by atoms with Gasteiger partial charge in [0.15, 0.2) is 0 Å². The molecule has 3 rings (SSSR count). The van der Waals surface area contributed by atoms with Gasteiger partial charge in [0.2, 0.25) is 0 Å². The number of benzene rings is 3. The average Bonchev–Trinajstić information content (AvgIpc) is 2.66. The van der Waals surface area contributed by atoms with Crippen LogP contribution in [0.5, 0.6) is 5.75 Å². The maximum Gasteiger partial charge on any atom is 0.335 e. The molecule has 2 N–H and O–H groups in total. The molecule has 0 amide bonds. The zero-order valence-electron chi connectivity index (χ0n) is 14.9. The number of hydrogen-bond acceptors (Lipinski definition) is 3. The molecule has 3 aromatic rings. The van der Waals surface area contributed by atoms with Gasteiger partial charge < -0.3 is 15.2 Å². The average molecular weight is 382 g/mol. The molecule has 0 saturated carbocycles. The smallest absolute Gasteiger partial charge is 0.335 e. The summed E-state index contributed by atoms with van der Waals surface area (Å²) in [5, 5.41) is 13.2. The van der Waals surface area contributed by atoms with Gasteiger partial charge in [-0.2, -0.15) is 0 Å². The van der Waals surface area contributed by atoms with Crippen LogP contribution in [0, 0.1) is 6.92 Å². The quantitative estimate of drug-likeness (QED) is 0.564. The molecule has 138 valence electrons. The highest BCUT2D eigenvalue weighted by Gasteiger charge is 2.08. The van der Waals surface area contributed by atoms with Crippen LogP contribution in [0.4, 0.5) is 5.69 Å². The van der Waals surface area contributed by atoms with E-state index in [4.69, 9.17) is 16.3 Å². The third-order valence-electron chi connectivity index (χ3n) is 4.21. The van der Waals surface area contributed by atoms with Gasteiger partial charge in [0.05, 0.1) is 5.56 Å². The van der Waals surface area contributed by atoms with Crippen molar-refractivity contribution in [2.45, 2.75) is 20.1 Å². The van der Waals surface area contributed by atoms with E-state index in [0.29, 0.717) is 18.2 Å². The molecule has 0 bridgehead atoms. The third kappa shape index (κ3) is 5.02. The van der Waals surface area contributed by atoms with Crippen LogP contribution < -0.4 is 10.1 Å². The Labute approximate surface area is 163 Å². The molecule has 3 aromatic carbocycles. The lowest BCUT2D eigenvalue weighted by Crippen LogP contribution is -2.06. The number of carboxylic acid groups (broad SMARTS) is 1. The van der Waals surface area contributed by atoms with Crippen LogP contribution in [0.2, 0.25) is 5.02 Å². The van der Waals surface area contributed by atoms with E-state index in [1.165, 1.54) is 0 Å². The Morgan fingerprint density at radius 3 is 2.67 bits per heavy atom. The predicted molar refractivity (Wildman–Crippen MR) is 108 cm³/mol. The number of anilines is 1. The summed E-state index contributed by atoms with van der Waals surface area (Å²) in [5.41, 5.74) is 4.01. The summed E-state index contributed by atoms with van der Waals surface area (Å²) in [6, 6.07) is 20.4. The monoisotopic (exact) mass is 381 g/mol. The number of ether oxygens (including phenoxy) is 1. The Morgan fingerprint density at radius 2 is 1.89 bits per heavy atom. The third-order valence-corrected chi connectivity index (χ3v) is 4.44. The fourth-order valence-electron chi connectivity index (χ4n) is 2.71. The summed E-state index contributed by atoms with van der Waals surface area (Å²) in [5.74, 6) is -0.166. The van der Waals surface area contributed by atoms with Gasteiger partial charge in [-0.1, -0.05) is 48.0 Å². The van der Waals surface area contributed by atoms with E-state index in [-0.39, 0.29) is 5.56 Å². The molecule has 0 aliphatic heterocycles. The van der Waals surface area contributed by atoms with Crippen molar-refractivity contribution >= 4 is 23.3 Å². The Kier molecular flexibility index (Phi) is 5.99. The van der Waals surface area contributed by atoms with Gasteiger partial charge in [-0.15, -0.1) is 0 Å². The number of carbonyl (C=O) groups is 1. The first kappa shape index (κ1) is 18.8. The fourth-order valence-corrected chi connectivity index (χ4v) is 2.93. The number of aryl methyl sites for hydroxylation is 1. The van der Waals surface area contributed by atoms with Crippen LogP contribution in [0.25, 0.3) is 0 Å². The second-order valence-corrected chi connectivity index (χ2v) is 6.65. The molecule has 0 atom stereocenters. The van der Waals surface area contributed by atoms with Crippen LogP contribution in [0.15, 0.2) is 66.7 Å². The zero-order valence-corrected chi connectivity index (χ0v) is 15.7. The van der Waals surface area contributed by atoms with Crippen molar-refractivity contribution < 1.29 is 14.6 Å². The van der Waals surface area contributed by atoms with Crippen LogP contribution in [0.1, 0.15) is 27.0 Å². The molecule has 0 spiro atoms. The van der Waals surface area contributed by atoms with E-state index in [2.05, 4.69) is 5.32 Å². The van der Waals surface area contributed by atoms with Crippen molar-refractivity contribution in [1.29, 1.82) is 0 Å². The number of carboxylic acids is 1. The Morgan fingerprint density at radius 1 is 1.07 bits per heavy atom. The first-order valence-corrected chi connectivity index (χ1v) is 8.93. The van der Waals surface area contributed by atoms with Crippen molar-refractivity contribution in [2.24, 2.45) is 0 Å². The van der Waals surface area contributed by atoms with Gasteiger partial charge in [-0.25, -0.2) is 4.79 Å².